The van der Waals surface area contributed by atoms with E-state index in [4.69, 9.17) is 9.47 Å². The molecule has 2 heterocycles. The van der Waals surface area contributed by atoms with Crippen LogP contribution in [0.1, 0.15) is 25.3 Å². The van der Waals surface area contributed by atoms with E-state index in [1.54, 1.807) is 0 Å². The van der Waals surface area contributed by atoms with E-state index in [-0.39, 0.29) is 18.5 Å². The third kappa shape index (κ3) is 5.13. The van der Waals surface area contributed by atoms with Crippen LogP contribution >= 0.6 is 12.4 Å². The van der Waals surface area contributed by atoms with Gasteiger partial charge in [-0.1, -0.05) is 12.1 Å². The number of benzene rings is 1. The van der Waals surface area contributed by atoms with Crippen molar-refractivity contribution in [2.75, 3.05) is 32.8 Å². The van der Waals surface area contributed by atoms with Crippen molar-refractivity contribution in [2.24, 2.45) is 0 Å². The summed E-state index contributed by atoms with van der Waals surface area (Å²) in [6, 6.07) is 9.11. The van der Waals surface area contributed by atoms with Crippen molar-refractivity contribution in [3.63, 3.8) is 0 Å². The second kappa shape index (κ2) is 8.73. The molecule has 3 rings (SSSR count). The van der Waals surface area contributed by atoms with E-state index in [0.29, 0.717) is 12.6 Å². The Morgan fingerprint density at radius 2 is 2.14 bits per heavy atom. The van der Waals surface area contributed by atoms with Crippen LogP contribution in [0.3, 0.4) is 0 Å². The van der Waals surface area contributed by atoms with Crippen LogP contribution < -0.4 is 10.1 Å². The van der Waals surface area contributed by atoms with E-state index in [2.05, 4.69) is 41.4 Å². The molecule has 1 N–H and O–H groups in total. The summed E-state index contributed by atoms with van der Waals surface area (Å²) in [5, 5.41) is 3.48. The fraction of sp³-hybridized carbons (Fsp3) is 0.647. The van der Waals surface area contributed by atoms with Crippen molar-refractivity contribution >= 4 is 12.4 Å². The van der Waals surface area contributed by atoms with Crippen LogP contribution in [-0.2, 0) is 11.3 Å². The Hall–Kier alpha value is -0.810. The molecular formula is C17H27ClN2O2. The average molecular weight is 327 g/mol. The molecule has 2 aliphatic rings. The highest BCUT2D eigenvalue weighted by atomic mass is 35.5. The Morgan fingerprint density at radius 1 is 1.32 bits per heavy atom. The summed E-state index contributed by atoms with van der Waals surface area (Å²) >= 11 is 0. The second-order valence-corrected chi connectivity index (χ2v) is 6.18. The van der Waals surface area contributed by atoms with Gasteiger partial charge in [-0.2, -0.15) is 0 Å². The first-order chi connectivity index (χ1) is 10.3. The number of halogens is 1. The molecule has 2 saturated heterocycles. The monoisotopic (exact) mass is 326 g/mol. The van der Waals surface area contributed by atoms with Crippen LogP contribution in [0.5, 0.6) is 5.75 Å². The molecule has 0 spiro atoms. The first-order valence-corrected chi connectivity index (χ1v) is 8.09. The van der Waals surface area contributed by atoms with E-state index in [1.807, 2.05) is 0 Å². The molecule has 22 heavy (non-hydrogen) atoms. The molecule has 2 fully saturated rings. The number of hydrogen-bond donors (Lipinski definition) is 1. The summed E-state index contributed by atoms with van der Waals surface area (Å²) < 4.78 is 11.4. The van der Waals surface area contributed by atoms with Crippen LogP contribution in [0.15, 0.2) is 24.3 Å². The Labute approximate surface area is 139 Å². The topological polar surface area (TPSA) is 33.7 Å². The molecule has 0 bridgehead atoms. The van der Waals surface area contributed by atoms with Crippen molar-refractivity contribution in [1.82, 2.24) is 10.2 Å². The maximum Gasteiger partial charge on any atom is 0.119 e. The Balaban J connectivity index is 0.00000176. The molecule has 1 unspecified atom stereocenters. The van der Waals surface area contributed by atoms with Crippen LogP contribution in [0.25, 0.3) is 0 Å². The van der Waals surface area contributed by atoms with Crippen molar-refractivity contribution in [3.8, 4) is 5.75 Å². The number of nitrogens with zero attached hydrogens (tertiary/aromatic N) is 1. The summed E-state index contributed by atoms with van der Waals surface area (Å²) in [7, 11) is 0. The minimum absolute atomic E-state index is 0. The summed E-state index contributed by atoms with van der Waals surface area (Å²) in [6.45, 7) is 8.17. The van der Waals surface area contributed by atoms with E-state index in [0.717, 1.165) is 51.4 Å². The predicted octanol–water partition coefficient (Wildman–Crippen LogP) is 2.46. The lowest BCUT2D eigenvalue weighted by Gasteiger charge is -2.31. The molecule has 0 radical (unpaired) electrons. The lowest BCUT2D eigenvalue weighted by molar-refractivity contribution is 0.0679. The fourth-order valence-corrected chi connectivity index (χ4v) is 3.07. The number of ether oxygens (including phenoxy) is 2. The molecule has 0 aromatic heterocycles. The number of hydrogen-bond acceptors (Lipinski definition) is 4. The highest BCUT2D eigenvalue weighted by Crippen LogP contribution is 2.17. The van der Waals surface area contributed by atoms with Crippen LogP contribution in [0.2, 0.25) is 0 Å². The van der Waals surface area contributed by atoms with Gasteiger partial charge in [-0.05, 0) is 37.5 Å². The molecule has 2 aliphatic heterocycles. The maximum absolute atomic E-state index is 5.80. The van der Waals surface area contributed by atoms with Gasteiger partial charge in [-0.3, -0.25) is 4.90 Å². The molecule has 0 amide bonds. The number of nitrogens with one attached hydrogen (secondary N) is 1. The van der Waals surface area contributed by atoms with Crippen molar-refractivity contribution in [1.29, 1.82) is 0 Å². The van der Waals surface area contributed by atoms with Gasteiger partial charge in [0, 0.05) is 38.8 Å². The molecule has 124 valence electrons. The molecule has 4 nitrogen and oxygen atoms in total. The highest BCUT2D eigenvalue weighted by molar-refractivity contribution is 5.85. The zero-order valence-corrected chi connectivity index (χ0v) is 14.1. The average Bonchev–Trinajstić information content (AvgIpc) is 3.00. The zero-order chi connectivity index (χ0) is 14.5. The van der Waals surface area contributed by atoms with Crippen molar-refractivity contribution in [2.45, 2.75) is 38.5 Å². The Kier molecular flexibility index (Phi) is 6.96. The van der Waals surface area contributed by atoms with E-state index in [9.17, 15) is 0 Å². The summed E-state index contributed by atoms with van der Waals surface area (Å²) in [6.07, 6.45) is 2.57. The lowest BCUT2D eigenvalue weighted by Crippen LogP contribution is -2.48. The summed E-state index contributed by atoms with van der Waals surface area (Å²) in [4.78, 5) is 2.50. The standard InChI is InChI=1S/C17H26N2O2.ClH/c1-14-11-19(9-8-18-14)12-15-4-6-16(7-5-15)21-13-17-3-2-10-20-17;/h4-7,14,17-18H,2-3,8-13H2,1H3;1H/t14-,17?;/m0./s1. The predicted molar refractivity (Wildman–Crippen MR) is 90.9 cm³/mol. The van der Waals surface area contributed by atoms with Gasteiger partial charge in [0.15, 0.2) is 0 Å². The molecule has 2 atom stereocenters. The molecule has 5 heteroatoms. The lowest BCUT2D eigenvalue weighted by atomic mass is 10.1. The van der Waals surface area contributed by atoms with Gasteiger partial charge >= 0.3 is 0 Å². The van der Waals surface area contributed by atoms with Crippen LogP contribution in [0, 0.1) is 0 Å². The fourth-order valence-electron chi connectivity index (χ4n) is 3.07. The van der Waals surface area contributed by atoms with Gasteiger partial charge < -0.3 is 14.8 Å². The van der Waals surface area contributed by atoms with Gasteiger partial charge in [-0.15, -0.1) is 12.4 Å². The Bertz CT molecular complexity index is 435. The van der Waals surface area contributed by atoms with Gasteiger partial charge in [0.2, 0.25) is 0 Å². The van der Waals surface area contributed by atoms with Gasteiger partial charge in [-0.25, -0.2) is 0 Å². The molecule has 1 aromatic rings. The van der Waals surface area contributed by atoms with E-state index < -0.39 is 0 Å². The third-order valence-electron chi connectivity index (χ3n) is 4.24. The van der Waals surface area contributed by atoms with Crippen molar-refractivity contribution in [3.05, 3.63) is 29.8 Å². The van der Waals surface area contributed by atoms with Gasteiger partial charge in [0.1, 0.15) is 12.4 Å². The molecule has 1 aromatic carbocycles. The minimum atomic E-state index is 0. The van der Waals surface area contributed by atoms with Crippen molar-refractivity contribution < 1.29 is 9.47 Å². The first kappa shape index (κ1) is 17.5. The first-order valence-electron chi connectivity index (χ1n) is 8.09. The maximum atomic E-state index is 5.80. The largest absolute Gasteiger partial charge is 0.491 e. The van der Waals surface area contributed by atoms with E-state index >= 15 is 0 Å². The molecule has 0 saturated carbocycles. The van der Waals surface area contributed by atoms with Gasteiger partial charge in [0.05, 0.1) is 6.10 Å². The number of piperazine rings is 1. The molecule has 0 aliphatic carbocycles. The highest BCUT2D eigenvalue weighted by Gasteiger charge is 2.17. The molecular weight excluding hydrogens is 300 g/mol. The SMILES string of the molecule is C[C@H]1CN(Cc2ccc(OCC3CCCO3)cc2)CCN1.Cl. The summed E-state index contributed by atoms with van der Waals surface area (Å²) in [5.41, 5.74) is 1.36. The quantitative estimate of drug-likeness (QED) is 0.901. The number of rotatable bonds is 5. The Morgan fingerprint density at radius 3 is 2.82 bits per heavy atom. The van der Waals surface area contributed by atoms with Crippen LogP contribution in [0.4, 0.5) is 0 Å². The third-order valence-corrected chi connectivity index (χ3v) is 4.24. The second-order valence-electron chi connectivity index (χ2n) is 6.18. The summed E-state index contributed by atoms with van der Waals surface area (Å²) in [5.74, 6) is 0.947. The van der Waals surface area contributed by atoms with Gasteiger partial charge in [0.25, 0.3) is 0 Å². The van der Waals surface area contributed by atoms with E-state index in [1.165, 1.54) is 5.56 Å². The normalized spacial score (nSPS) is 25.7. The van der Waals surface area contributed by atoms with Crippen LogP contribution in [-0.4, -0.2) is 49.9 Å². The smallest absolute Gasteiger partial charge is 0.119 e. The minimum Gasteiger partial charge on any atom is -0.491 e. The zero-order valence-electron chi connectivity index (χ0n) is 13.3.